The van der Waals surface area contributed by atoms with E-state index in [2.05, 4.69) is 17.2 Å². The van der Waals surface area contributed by atoms with Crippen LogP contribution in [0.4, 0.5) is 10.1 Å². The second kappa shape index (κ2) is 11.2. The minimum atomic E-state index is -0.573. The highest BCUT2D eigenvalue weighted by atomic mass is 19.1. The largest absolute Gasteiger partial charge is 0.326 e. The van der Waals surface area contributed by atoms with E-state index in [0.717, 1.165) is 12.8 Å². The second-order valence-electron chi connectivity index (χ2n) is 5.49. The maximum Gasteiger partial charge on any atom is 0.224 e. The van der Waals surface area contributed by atoms with Gasteiger partial charge in [0.25, 0.3) is 0 Å². The summed E-state index contributed by atoms with van der Waals surface area (Å²) in [6, 6.07) is 2.82. The Morgan fingerprint density at radius 1 is 1.10 bits per heavy atom. The van der Waals surface area contributed by atoms with Crippen molar-refractivity contribution in [1.82, 2.24) is 4.98 Å². The predicted octanol–water partition coefficient (Wildman–Crippen LogP) is 5.08. The van der Waals surface area contributed by atoms with E-state index in [-0.39, 0.29) is 5.91 Å². The fraction of sp³-hybridized carbons (Fsp3) is 0.647. The Bertz CT molecular complexity index is 410. The van der Waals surface area contributed by atoms with Crippen LogP contribution in [0.5, 0.6) is 0 Å². The standard InChI is InChI=1S/C17H27FN2O/c1-2-3-4-5-6-7-8-9-10-11-17(21)20-15-12-13-19-16(18)14-15/h12-14H,2-11H2,1H3,(H,19,20,21). The molecule has 0 saturated carbocycles. The third-order valence-corrected chi connectivity index (χ3v) is 3.52. The number of carbonyl (C=O) groups excluding carboxylic acids is 1. The van der Waals surface area contributed by atoms with Crippen molar-refractivity contribution in [2.75, 3.05) is 5.32 Å². The molecule has 118 valence electrons. The second-order valence-corrected chi connectivity index (χ2v) is 5.49. The molecule has 0 radical (unpaired) electrons. The molecular formula is C17H27FN2O. The topological polar surface area (TPSA) is 42.0 Å². The number of hydrogen-bond donors (Lipinski definition) is 1. The Kier molecular flexibility index (Phi) is 9.42. The number of halogens is 1. The van der Waals surface area contributed by atoms with Gasteiger partial charge in [0.05, 0.1) is 0 Å². The number of hydrogen-bond acceptors (Lipinski definition) is 2. The summed E-state index contributed by atoms with van der Waals surface area (Å²) in [5.74, 6) is -0.626. The van der Waals surface area contributed by atoms with Crippen LogP contribution in [0.25, 0.3) is 0 Å². The van der Waals surface area contributed by atoms with Gasteiger partial charge in [0.1, 0.15) is 0 Å². The van der Waals surface area contributed by atoms with Gasteiger partial charge < -0.3 is 5.32 Å². The maximum atomic E-state index is 12.9. The third-order valence-electron chi connectivity index (χ3n) is 3.52. The number of nitrogens with one attached hydrogen (secondary N) is 1. The highest BCUT2D eigenvalue weighted by molar-refractivity contribution is 5.90. The van der Waals surface area contributed by atoms with Gasteiger partial charge in [-0.25, -0.2) is 4.98 Å². The van der Waals surface area contributed by atoms with Crippen LogP contribution in [0, 0.1) is 5.95 Å². The third kappa shape index (κ3) is 9.16. The maximum absolute atomic E-state index is 12.9. The van der Waals surface area contributed by atoms with Gasteiger partial charge in [0.15, 0.2) is 0 Å². The Morgan fingerprint density at radius 3 is 2.33 bits per heavy atom. The zero-order valence-electron chi connectivity index (χ0n) is 13.0. The molecule has 21 heavy (non-hydrogen) atoms. The van der Waals surface area contributed by atoms with Crippen molar-refractivity contribution in [3.05, 3.63) is 24.3 Å². The fourth-order valence-corrected chi connectivity index (χ4v) is 2.30. The van der Waals surface area contributed by atoms with Crippen molar-refractivity contribution in [3.63, 3.8) is 0 Å². The molecule has 1 N–H and O–H groups in total. The normalized spacial score (nSPS) is 10.6. The lowest BCUT2D eigenvalue weighted by atomic mass is 10.1. The zero-order chi connectivity index (χ0) is 15.3. The van der Waals surface area contributed by atoms with Crippen LogP contribution in [-0.4, -0.2) is 10.9 Å². The summed E-state index contributed by atoms with van der Waals surface area (Å²) < 4.78 is 12.9. The molecule has 0 unspecified atom stereocenters. The number of rotatable bonds is 11. The molecular weight excluding hydrogens is 267 g/mol. The molecule has 0 aromatic carbocycles. The Hall–Kier alpha value is -1.45. The van der Waals surface area contributed by atoms with Crippen LogP contribution >= 0.6 is 0 Å². The molecule has 1 aromatic heterocycles. The molecule has 0 aliphatic rings. The van der Waals surface area contributed by atoms with Gasteiger partial charge in [-0.1, -0.05) is 58.3 Å². The lowest BCUT2D eigenvalue weighted by Gasteiger charge is -2.05. The van der Waals surface area contributed by atoms with E-state index in [1.807, 2.05) is 0 Å². The first-order valence-electron chi connectivity index (χ1n) is 8.13. The van der Waals surface area contributed by atoms with Gasteiger partial charge in [-0.3, -0.25) is 4.79 Å². The summed E-state index contributed by atoms with van der Waals surface area (Å²) >= 11 is 0. The number of carbonyl (C=O) groups is 1. The number of aromatic nitrogens is 1. The highest BCUT2D eigenvalue weighted by Crippen LogP contribution is 2.12. The molecule has 1 rings (SSSR count). The zero-order valence-corrected chi connectivity index (χ0v) is 13.0. The number of amides is 1. The molecule has 0 bridgehead atoms. The highest BCUT2D eigenvalue weighted by Gasteiger charge is 2.03. The Labute approximate surface area is 127 Å². The molecule has 0 spiro atoms. The number of pyridine rings is 1. The predicted molar refractivity (Wildman–Crippen MR) is 84.7 cm³/mol. The van der Waals surface area contributed by atoms with E-state index in [9.17, 15) is 9.18 Å². The van der Waals surface area contributed by atoms with Gasteiger partial charge in [-0.2, -0.15) is 4.39 Å². The molecule has 0 atom stereocenters. The fourth-order valence-electron chi connectivity index (χ4n) is 2.30. The summed E-state index contributed by atoms with van der Waals surface area (Å²) in [5.41, 5.74) is 0.475. The first-order valence-corrected chi connectivity index (χ1v) is 8.13. The summed E-state index contributed by atoms with van der Waals surface area (Å²) in [5, 5.41) is 2.69. The van der Waals surface area contributed by atoms with Gasteiger partial charge in [-0.15, -0.1) is 0 Å². The molecule has 0 aliphatic heterocycles. The summed E-state index contributed by atoms with van der Waals surface area (Å²) in [6.07, 6.45) is 12.9. The summed E-state index contributed by atoms with van der Waals surface area (Å²) in [6.45, 7) is 2.23. The number of nitrogens with zero attached hydrogens (tertiary/aromatic N) is 1. The molecule has 1 aromatic rings. The average Bonchev–Trinajstić information content (AvgIpc) is 2.45. The van der Waals surface area contributed by atoms with E-state index >= 15 is 0 Å². The SMILES string of the molecule is CCCCCCCCCCCC(=O)Nc1ccnc(F)c1. The van der Waals surface area contributed by atoms with E-state index in [1.165, 1.54) is 57.2 Å². The lowest BCUT2D eigenvalue weighted by Crippen LogP contribution is -2.11. The average molecular weight is 294 g/mol. The summed E-state index contributed by atoms with van der Waals surface area (Å²) in [4.78, 5) is 15.1. The van der Waals surface area contributed by atoms with Crippen molar-refractivity contribution >= 4 is 11.6 Å². The Morgan fingerprint density at radius 2 is 1.71 bits per heavy atom. The van der Waals surface area contributed by atoms with Crippen molar-refractivity contribution in [2.24, 2.45) is 0 Å². The van der Waals surface area contributed by atoms with Gasteiger partial charge in [0, 0.05) is 24.4 Å². The first-order chi connectivity index (χ1) is 10.2. The van der Waals surface area contributed by atoms with Crippen molar-refractivity contribution in [1.29, 1.82) is 0 Å². The monoisotopic (exact) mass is 294 g/mol. The van der Waals surface area contributed by atoms with E-state index < -0.39 is 5.95 Å². The summed E-state index contributed by atoms with van der Waals surface area (Å²) in [7, 11) is 0. The van der Waals surface area contributed by atoms with Crippen molar-refractivity contribution in [3.8, 4) is 0 Å². The van der Waals surface area contributed by atoms with Gasteiger partial charge >= 0.3 is 0 Å². The lowest BCUT2D eigenvalue weighted by molar-refractivity contribution is -0.116. The van der Waals surface area contributed by atoms with Gasteiger partial charge in [0.2, 0.25) is 11.9 Å². The van der Waals surface area contributed by atoms with Crippen LogP contribution in [0.2, 0.25) is 0 Å². The van der Waals surface area contributed by atoms with E-state index in [4.69, 9.17) is 0 Å². The van der Waals surface area contributed by atoms with Crippen LogP contribution in [0.3, 0.4) is 0 Å². The molecule has 4 heteroatoms. The number of unbranched alkanes of at least 4 members (excludes halogenated alkanes) is 8. The molecule has 3 nitrogen and oxygen atoms in total. The van der Waals surface area contributed by atoms with Crippen LogP contribution in [-0.2, 0) is 4.79 Å². The van der Waals surface area contributed by atoms with E-state index in [1.54, 1.807) is 6.07 Å². The minimum absolute atomic E-state index is 0.0523. The molecule has 0 fully saturated rings. The molecule has 1 amide bonds. The number of anilines is 1. The first kappa shape index (κ1) is 17.6. The minimum Gasteiger partial charge on any atom is -0.326 e. The molecule has 0 aliphatic carbocycles. The van der Waals surface area contributed by atoms with Crippen LogP contribution < -0.4 is 5.32 Å². The molecule has 0 saturated heterocycles. The molecule has 1 heterocycles. The Balaban J connectivity index is 1.99. The van der Waals surface area contributed by atoms with Gasteiger partial charge in [-0.05, 0) is 12.5 Å². The van der Waals surface area contributed by atoms with Crippen LogP contribution in [0.1, 0.15) is 71.1 Å². The van der Waals surface area contributed by atoms with Crippen LogP contribution in [0.15, 0.2) is 18.3 Å². The van der Waals surface area contributed by atoms with E-state index in [0.29, 0.717) is 12.1 Å². The van der Waals surface area contributed by atoms with Crippen molar-refractivity contribution in [2.45, 2.75) is 71.1 Å². The smallest absolute Gasteiger partial charge is 0.224 e. The van der Waals surface area contributed by atoms with Crippen molar-refractivity contribution < 1.29 is 9.18 Å². The quantitative estimate of drug-likeness (QED) is 0.457.